The fourth-order valence-electron chi connectivity index (χ4n) is 10.0. The molecule has 0 aliphatic carbocycles. The molecule has 7 atom stereocenters. The van der Waals surface area contributed by atoms with Crippen LogP contribution in [-0.4, -0.2) is 136 Å². The molecule has 24 heteroatoms. The Labute approximate surface area is 491 Å². The Hall–Kier alpha value is -8.15. The van der Waals surface area contributed by atoms with Crippen LogP contribution in [0, 0.1) is 5.41 Å². The van der Waals surface area contributed by atoms with Gasteiger partial charge in [0.05, 0.1) is 12.9 Å². The van der Waals surface area contributed by atoms with Gasteiger partial charge in [0.15, 0.2) is 5.96 Å². The lowest BCUT2D eigenvalue weighted by atomic mass is 10.0. The molecule has 2 aromatic heterocycles. The van der Waals surface area contributed by atoms with Crippen LogP contribution in [0.5, 0.6) is 0 Å². The molecule has 24 nitrogen and oxygen atoms in total. The minimum absolute atomic E-state index is 0.0421. The summed E-state index contributed by atoms with van der Waals surface area (Å²) in [7, 11) is 0. The molecule has 16 N–H and O–H groups in total. The third kappa shape index (κ3) is 23.6. The monoisotopic (exact) mass is 1160 g/mol. The van der Waals surface area contributed by atoms with E-state index >= 15 is 0 Å². The van der Waals surface area contributed by atoms with Crippen molar-refractivity contribution in [2.75, 3.05) is 19.6 Å². The summed E-state index contributed by atoms with van der Waals surface area (Å²) >= 11 is 0. The minimum Gasteiger partial charge on any atom is -0.370 e. The average Bonchev–Trinajstić information content (AvgIpc) is 4.18. The van der Waals surface area contributed by atoms with E-state index in [9.17, 15) is 43.2 Å². The van der Waals surface area contributed by atoms with Gasteiger partial charge in [-0.2, -0.15) is 0 Å². The number of imidazole rings is 1. The fraction of sp³-hybridized carbons (Fsp3) is 0.550. The molecule has 4 aromatic rings. The van der Waals surface area contributed by atoms with Crippen LogP contribution in [0.2, 0.25) is 0 Å². The zero-order chi connectivity index (χ0) is 60.6. The number of H-pyrrole nitrogens is 2. The largest absolute Gasteiger partial charge is 0.370 e. The molecule has 8 amide bonds. The summed E-state index contributed by atoms with van der Waals surface area (Å²) < 4.78 is 0. The summed E-state index contributed by atoms with van der Waals surface area (Å²) in [5, 5.41) is 33.9. The number of guanidine groups is 1. The number of nitrogens with zero attached hydrogens (tertiary/aromatic N) is 1. The minimum atomic E-state index is -1.42. The number of aromatic nitrogens is 3. The number of aromatic amines is 2. The Morgan fingerprint density at radius 3 is 2.04 bits per heavy atom. The number of ketones is 1. The first kappa shape index (κ1) is 66.6. The van der Waals surface area contributed by atoms with Gasteiger partial charge in [0.2, 0.25) is 47.3 Å². The number of amides is 8. The predicted molar refractivity (Wildman–Crippen MR) is 319 cm³/mol. The molecule has 1 fully saturated rings. The third-order valence-electron chi connectivity index (χ3n) is 14.8. The Bertz CT molecular complexity index is 2750. The topological polar surface area (TPSA) is 382 Å². The molecule has 0 radical (unpaired) electrons. The zero-order valence-corrected chi connectivity index (χ0v) is 48.7. The second-order valence-corrected chi connectivity index (χ2v) is 21.7. The molecular weight excluding hydrogens is 1070 g/mol. The highest BCUT2D eigenvalue weighted by molar-refractivity contribution is 5.98. The summed E-state index contributed by atoms with van der Waals surface area (Å²) in [6.07, 6.45) is 13.9. The molecule has 3 heterocycles. The number of rotatable bonds is 25. The van der Waals surface area contributed by atoms with Crippen molar-refractivity contribution >= 4 is 69.9 Å². The number of carbonyl (C=O) groups is 9. The molecule has 0 bridgehead atoms. The number of fused-ring (bicyclic) bond motifs is 1. The van der Waals surface area contributed by atoms with E-state index < -0.39 is 83.6 Å². The summed E-state index contributed by atoms with van der Waals surface area (Å²) in [4.78, 5) is 138. The molecule has 458 valence electrons. The van der Waals surface area contributed by atoms with Crippen molar-refractivity contribution in [1.29, 1.82) is 5.41 Å². The van der Waals surface area contributed by atoms with Gasteiger partial charge in [-0.1, -0.05) is 114 Å². The summed E-state index contributed by atoms with van der Waals surface area (Å²) in [5.41, 5.74) is 13.9. The molecular formula is C60H89N15O9. The van der Waals surface area contributed by atoms with Crippen molar-refractivity contribution in [2.45, 2.75) is 191 Å². The van der Waals surface area contributed by atoms with Crippen LogP contribution in [0.4, 0.5) is 0 Å². The van der Waals surface area contributed by atoms with Crippen LogP contribution >= 0.6 is 0 Å². The van der Waals surface area contributed by atoms with E-state index in [1.807, 2.05) is 31.2 Å². The molecule has 84 heavy (non-hydrogen) atoms. The Morgan fingerprint density at radius 2 is 1.33 bits per heavy atom. The molecule has 5 rings (SSSR count). The predicted octanol–water partition coefficient (Wildman–Crippen LogP) is 2.51. The lowest BCUT2D eigenvalue weighted by Crippen LogP contribution is -2.61. The molecule has 1 saturated heterocycles. The average molecular weight is 1160 g/mol. The molecule has 0 unspecified atom stereocenters. The van der Waals surface area contributed by atoms with Crippen molar-refractivity contribution in [3.05, 3.63) is 90.1 Å². The smallest absolute Gasteiger partial charge is 0.243 e. The number of unbranched alkanes of at least 4 members (excludes halogenated alkanes) is 7. The van der Waals surface area contributed by atoms with E-state index in [1.54, 1.807) is 36.5 Å². The number of benzene rings is 2. The van der Waals surface area contributed by atoms with Gasteiger partial charge in [-0.25, -0.2) is 4.98 Å². The molecule has 1 aliphatic heterocycles. The maximum Gasteiger partial charge on any atom is 0.243 e. The van der Waals surface area contributed by atoms with Crippen LogP contribution < -0.4 is 59.3 Å². The molecule has 2 aromatic carbocycles. The highest BCUT2D eigenvalue weighted by atomic mass is 16.2. The number of nitrogens with one attached hydrogen (secondary N) is 12. The number of hydrogen-bond donors (Lipinski definition) is 14. The van der Waals surface area contributed by atoms with E-state index in [1.165, 1.54) is 18.9 Å². The standard InChI is InChI=1S/C60H89N15O9/c1-3-5-7-8-9-10-14-27-52(77)69-46(23-6-4-2)54(79)72-48-29-28-42(76)37-64-30-18-17-25-45(53(61)78)70-58(83)50(33-40-35-67-44-24-16-15-22-43(40)44)74-55(80)47(26-19-31-66-60(62)63)71-57(82)49(32-39-20-12-11-13-21-39)73-59(84)51(75-56(48)81)34-41-36-65-38-68-41/h11-13,15-16,20-22,24,35-36,38,45-51,64,67H,3-10,14,17-19,23,25-34,37H2,1-2H3,(H2,61,78)(H,65,68)(H,69,77)(H,70,83)(H,71,82)(H,72,79)(H,73,84)(H,74,80)(H,75,81)(H4,62,63,66)/t45-,46-,47-,48-,49+,50-,51-/m0/s1. The Morgan fingerprint density at radius 1 is 0.690 bits per heavy atom. The third-order valence-corrected chi connectivity index (χ3v) is 14.8. The van der Waals surface area contributed by atoms with Crippen molar-refractivity contribution < 1.29 is 43.2 Å². The van der Waals surface area contributed by atoms with Gasteiger partial charge in [0.25, 0.3) is 0 Å². The highest BCUT2D eigenvalue weighted by Gasteiger charge is 2.35. The number of hydrogen-bond acceptors (Lipinski definition) is 12. The SMILES string of the molecule is CCCCCCCCCC(=O)N[C@@H](CCCC)C(=O)N[C@H]1CCC(=O)CNCCCC[C@@H](C(N)=O)NC(=O)[C@H](Cc2c[nH]c3ccccc23)NC(=O)[C@H](CCCNC(=N)N)NC(=O)[C@@H](Cc2ccccc2)NC(=O)[C@H](Cc2cnc[nH]2)NC1=O. The highest BCUT2D eigenvalue weighted by Crippen LogP contribution is 2.20. The van der Waals surface area contributed by atoms with Gasteiger partial charge in [0, 0.05) is 67.6 Å². The van der Waals surface area contributed by atoms with Gasteiger partial charge in [-0.15, -0.1) is 0 Å². The van der Waals surface area contributed by atoms with Gasteiger partial charge in [-0.05, 0) is 75.1 Å². The van der Waals surface area contributed by atoms with E-state index in [4.69, 9.17) is 16.9 Å². The Kier molecular flexibility index (Phi) is 28.9. The van der Waals surface area contributed by atoms with Crippen LogP contribution in [0.1, 0.15) is 146 Å². The first-order chi connectivity index (χ1) is 40.5. The van der Waals surface area contributed by atoms with Crippen molar-refractivity contribution in [1.82, 2.24) is 62.8 Å². The van der Waals surface area contributed by atoms with Gasteiger partial charge < -0.3 is 69.3 Å². The summed E-state index contributed by atoms with van der Waals surface area (Å²) in [6.45, 7) is 4.46. The lowest BCUT2D eigenvalue weighted by Gasteiger charge is -2.28. The van der Waals surface area contributed by atoms with Gasteiger partial charge >= 0.3 is 0 Å². The van der Waals surface area contributed by atoms with E-state index in [0.717, 1.165) is 49.4 Å². The van der Waals surface area contributed by atoms with Crippen molar-refractivity contribution in [3.63, 3.8) is 0 Å². The normalized spacial score (nSPS) is 20.6. The van der Waals surface area contributed by atoms with Gasteiger partial charge in [-0.3, -0.25) is 48.6 Å². The first-order valence-electron chi connectivity index (χ1n) is 29.8. The maximum atomic E-state index is 14.9. The summed E-state index contributed by atoms with van der Waals surface area (Å²) in [6, 6.07) is 7.17. The van der Waals surface area contributed by atoms with Crippen LogP contribution in [0.15, 0.2) is 73.3 Å². The van der Waals surface area contributed by atoms with Crippen molar-refractivity contribution in [2.24, 2.45) is 11.5 Å². The number of primary amides is 1. The van der Waals surface area contributed by atoms with Crippen molar-refractivity contribution in [3.8, 4) is 0 Å². The second kappa shape index (κ2) is 36.4. The second-order valence-electron chi connectivity index (χ2n) is 21.7. The molecule has 0 saturated carbocycles. The number of nitrogens with two attached hydrogens (primary N) is 2. The van der Waals surface area contributed by atoms with Crippen LogP contribution in [0.25, 0.3) is 10.9 Å². The lowest BCUT2D eigenvalue weighted by molar-refractivity contribution is -0.136. The quantitative estimate of drug-likeness (QED) is 0.0258. The molecule has 0 spiro atoms. The fourth-order valence-corrected chi connectivity index (χ4v) is 10.0. The van der Waals surface area contributed by atoms with E-state index in [-0.39, 0.29) is 94.9 Å². The van der Waals surface area contributed by atoms with E-state index in [0.29, 0.717) is 49.0 Å². The van der Waals surface area contributed by atoms with E-state index in [2.05, 4.69) is 69.7 Å². The Balaban J connectivity index is 1.49. The molecule has 1 aliphatic rings. The first-order valence-corrected chi connectivity index (χ1v) is 29.8. The zero-order valence-electron chi connectivity index (χ0n) is 48.7. The summed E-state index contributed by atoms with van der Waals surface area (Å²) in [5.74, 6) is -6.29. The number of carbonyl (C=O) groups excluding carboxylic acids is 9. The van der Waals surface area contributed by atoms with Gasteiger partial charge in [0.1, 0.15) is 48.1 Å². The number of Topliss-reactive ketones (excluding diaryl/α,β-unsaturated/α-hetero) is 1. The maximum absolute atomic E-state index is 14.9. The van der Waals surface area contributed by atoms with Crippen LogP contribution in [-0.2, 0) is 62.4 Å². The number of para-hydroxylation sites is 1. The van der Waals surface area contributed by atoms with Crippen LogP contribution in [0.3, 0.4) is 0 Å².